The van der Waals surface area contributed by atoms with Gasteiger partial charge in [-0.05, 0) is 53.5 Å². The van der Waals surface area contributed by atoms with Crippen molar-refractivity contribution in [3.8, 4) is 5.75 Å². The van der Waals surface area contributed by atoms with Crippen LogP contribution >= 0.6 is 11.3 Å². The van der Waals surface area contributed by atoms with Crippen molar-refractivity contribution < 1.29 is 14.6 Å². The molecule has 1 aromatic carbocycles. The standard InChI is InChI=1S/C16H16O3S/c17-7-2-1-3-11-4-5-14-13(9-11)10-12-6-8-20-15(12)16(18)19-14/h4-6,8-9,17H,1-3,7,10H2. The molecule has 0 radical (unpaired) electrons. The van der Waals surface area contributed by atoms with Gasteiger partial charge in [-0.25, -0.2) is 4.79 Å². The van der Waals surface area contributed by atoms with E-state index in [2.05, 4.69) is 6.07 Å². The van der Waals surface area contributed by atoms with E-state index < -0.39 is 0 Å². The zero-order chi connectivity index (χ0) is 13.9. The maximum atomic E-state index is 12.0. The average Bonchev–Trinajstić information content (AvgIpc) is 2.85. The Hall–Kier alpha value is -1.65. The number of carbonyl (C=O) groups is 1. The molecule has 0 bridgehead atoms. The molecule has 0 saturated carbocycles. The molecule has 0 unspecified atom stereocenters. The SMILES string of the molecule is O=C1Oc2ccc(CCCCO)cc2Cc2ccsc21. The summed E-state index contributed by atoms with van der Waals surface area (Å²) >= 11 is 1.44. The molecular formula is C16H16O3S. The lowest BCUT2D eigenvalue weighted by atomic mass is 10.0. The molecule has 20 heavy (non-hydrogen) atoms. The first-order valence-electron chi connectivity index (χ1n) is 6.79. The molecule has 0 spiro atoms. The molecule has 3 nitrogen and oxygen atoms in total. The Morgan fingerprint density at radius 3 is 2.95 bits per heavy atom. The predicted molar refractivity (Wildman–Crippen MR) is 78.5 cm³/mol. The van der Waals surface area contributed by atoms with E-state index in [0.29, 0.717) is 10.6 Å². The Balaban J connectivity index is 1.87. The number of benzene rings is 1. The van der Waals surface area contributed by atoms with E-state index in [1.807, 2.05) is 23.6 Å². The second-order valence-electron chi connectivity index (χ2n) is 4.96. The number of ether oxygens (including phenoxy) is 1. The van der Waals surface area contributed by atoms with Gasteiger partial charge in [0.1, 0.15) is 10.6 Å². The molecule has 2 heterocycles. The molecule has 4 heteroatoms. The topological polar surface area (TPSA) is 46.5 Å². The maximum Gasteiger partial charge on any atom is 0.354 e. The molecule has 1 aromatic heterocycles. The lowest BCUT2D eigenvalue weighted by Crippen LogP contribution is -2.06. The molecule has 0 saturated heterocycles. The first-order valence-corrected chi connectivity index (χ1v) is 7.67. The Kier molecular flexibility index (Phi) is 3.85. The summed E-state index contributed by atoms with van der Waals surface area (Å²) < 4.78 is 5.45. The van der Waals surface area contributed by atoms with Crippen molar-refractivity contribution in [3.63, 3.8) is 0 Å². The van der Waals surface area contributed by atoms with Gasteiger partial charge >= 0.3 is 5.97 Å². The highest BCUT2D eigenvalue weighted by Crippen LogP contribution is 2.31. The van der Waals surface area contributed by atoms with Crippen molar-refractivity contribution in [1.82, 2.24) is 0 Å². The van der Waals surface area contributed by atoms with Crippen LogP contribution in [0.1, 0.15) is 39.2 Å². The van der Waals surface area contributed by atoms with Crippen LogP contribution in [-0.4, -0.2) is 17.7 Å². The van der Waals surface area contributed by atoms with Crippen LogP contribution in [0.4, 0.5) is 0 Å². The van der Waals surface area contributed by atoms with Gasteiger partial charge in [0.05, 0.1) is 0 Å². The van der Waals surface area contributed by atoms with Gasteiger partial charge in [0.25, 0.3) is 0 Å². The number of esters is 1. The quantitative estimate of drug-likeness (QED) is 0.534. The number of aliphatic hydroxyl groups is 1. The highest BCUT2D eigenvalue weighted by atomic mass is 32.1. The van der Waals surface area contributed by atoms with E-state index in [4.69, 9.17) is 9.84 Å². The molecule has 1 aliphatic rings. The Morgan fingerprint density at radius 2 is 2.10 bits per heavy atom. The fourth-order valence-corrected chi connectivity index (χ4v) is 3.27. The van der Waals surface area contributed by atoms with Crippen LogP contribution in [0.3, 0.4) is 0 Å². The van der Waals surface area contributed by atoms with Crippen LogP contribution in [-0.2, 0) is 12.8 Å². The number of rotatable bonds is 4. The first-order chi connectivity index (χ1) is 9.78. The van der Waals surface area contributed by atoms with E-state index in [1.165, 1.54) is 16.9 Å². The number of carbonyl (C=O) groups excluding carboxylic acids is 1. The van der Waals surface area contributed by atoms with Gasteiger partial charge in [-0.1, -0.05) is 12.1 Å². The third kappa shape index (κ3) is 2.62. The first kappa shape index (κ1) is 13.3. The highest BCUT2D eigenvalue weighted by Gasteiger charge is 2.22. The van der Waals surface area contributed by atoms with Gasteiger partial charge in [0.2, 0.25) is 0 Å². The van der Waals surface area contributed by atoms with Crippen molar-refractivity contribution in [3.05, 3.63) is 51.2 Å². The summed E-state index contributed by atoms with van der Waals surface area (Å²) in [5, 5.41) is 10.8. The summed E-state index contributed by atoms with van der Waals surface area (Å²) in [6.07, 6.45) is 3.48. The van der Waals surface area contributed by atoms with Crippen molar-refractivity contribution in [1.29, 1.82) is 0 Å². The average molecular weight is 288 g/mol. The summed E-state index contributed by atoms with van der Waals surface area (Å²) in [5.74, 6) is 0.422. The summed E-state index contributed by atoms with van der Waals surface area (Å²) in [7, 11) is 0. The van der Waals surface area contributed by atoms with E-state index in [-0.39, 0.29) is 12.6 Å². The minimum Gasteiger partial charge on any atom is -0.422 e. The minimum atomic E-state index is -0.248. The van der Waals surface area contributed by atoms with E-state index >= 15 is 0 Å². The Bertz CT molecular complexity index is 630. The molecule has 0 atom stereocenters. The Morgan fingerprint density at radius 1 is 1.20 bits per heavy atom. The second kappa shape index (κ2) is 5.77. The highest BCUT2D eigenvalue weighted by molar-refractivity contribution is 7.12. The molecule has 3 rings (SSSR count). The molecule has 0 amide bonds. The number of fused-ring (bicyclic) bond motifs is 2. The number of hydrogen-bond donors (Lipinski definition) is 1. The predicted octanol–water partition coefficient (Wildman–Crippen LogP) is 3.19. The minimum absolute atomic E-state index is 0.237. The fourth-order valence-electron chi connectivity index (χ4n) is 2.47. The van der Waals surface area contributed by atoms with Crippen LogP contribution in [0.15, 0.2) is 29.6 Å². The number of aliphatic hydroxyl groups excluding tert-OH is 1. The third-order valence-electron chi connectivity index (χ3n) is 3.51. The second-order valence-corrected chi connectivity index (χ2v) is 5.88. The van der Waals surface area contributed by atoms with Gasteiger partial charge in [0.15, 0.2) is 0 Å². The maximum absolute atomic E-state index is 12.0. The molecule has 2 aromatic rings. The van der Waals surface area contributed by atoms with E-state index in [0.717, 1.165) is 36.8 Å². The summed E-state index contributed by atoms with van der Waals surface area (Å²) in [4.78, 5) is 12.7. The number of unbranched alkanes of at least 4 members (excludes halogenated alkanes) is 1. The number of thiophene rings is 1. The van der Waals surface area contributed by atoms with Crippen LogP contribution in [0.2, 0.25) is 0 Å². The number of hydrogen-bond acceptors (Lipinski definition) is 4. The Labute approximate surface area is 121 Å². The summed E-state index contributed by atoms with van der Waals surface area (Å²) in [6, 6.07) is 8.00. The smallest absolute Gasteiger partial charge is 0.354 e. The van der Waals surface area contributed by atoms with Crippen molar-refractivity contribution >= 4 is 17.3 Å². The van der Waals surface area contributed by atoms with E-state index in [9.17, 15) is 4.79 Å². The zero-order valence-electron chi connectivity index (χ0n) is 11.1. The van der Waals surface area contributed by atoms with Gasteiger partial charge in [-0.2, -0.15) is 0 Å². The van der Waals surface area contributed by atoms with Gasteiger partial charge in [-0.15, -0.1) is 11.3 Å². The van der Waals surface area contributed by atoms with Crippen molar-refractivity contribution in [2.75, 3.05) is 6.61 Å². The molecule has 0 fully saturated rings. The molecule has 104 valence electrons. The lowest BCUT2D eigenvalue weighted by molar-refractivity contribution is 0.0740. The summed E-state index contributed by atoms with van der Waals surface area (Å²) in [5.41, 5.74) is 3.34. The molecular weight excluding hydrogens is 272 g/mol. The monoisotopic (exact) mass is 288 g/mol. The van der Waals surface area contributed by atoms with Crippen molar-refractivity contribution in [2.45, 2.75) is 25.7 Å². The van der Waals surface area contributed by atoms with Gasteiger partial charge < -0.3 is 9.84 Å². The van der Waals surface area contributed by atoms with Gasteiger partial charge in [0, 0.05) is 13.0 Å². The number of aryl methyl sites for hydroxylation is 1. The van der Waals surface area contributed by atoms with Crippen LogP contribution < -0.4 is 4.74 Å². The lowest BCUT2D eigenvalue weighted by Gasteiger charge is -2.08. The normalized spacial score (nSPS) is 13.3. The van der Waals surface area contributed by atoms with Crippen LogP contribution in [0.25, 0.3) is 0 Å². The zero-order valence-corrected chi connectivity index (χ0v) is 11.9. The largest absolute Gasteiger partial charge is 0.422 e. The molecule has 1 N–H and O–H groups in total. The van der Waals surface area contributed by atoms with Crippen molar-refractivity contribution in [2.24, 2.45) is 0 Å². The molecule has 0 aliphatic carbocycles. The van der Waals surface area contributed by atoms with Gasteiger partial charge in [-0.3, -0.25) is 0 Å². The summed E-state index contributed by atoms with van der Waals surface area (Å²) in [6.45, 7) is 0.237. The van der Waals surface area contributed by atoms with E-state index in [1.54, 1.807) is 0 Å². The van der Waals surface area contributed by atoms with Crippen LogP contribution in [0.5, 0.6) is 5.75 Å². The fraction of sp³-hybridized carbons (Fsp3) is 0.312. The molecule has 1 aliphatic heterocycles. The van der Waals surface area contributed by atoms with Crippen LogP contribution in [0, 0.1) is 0 Å². The third-order valence-corrected chi connectivity index (χ3v) is 4.45.